The Hall–Kier alpha value is -0.420. The van der Waals surface area contributed by atoms with Crippen molar-refractivity contribution in [1.29, 1.82) is 0 Å². The Morgan fingerprint density at radius 3 is 1.18 bits per heavy atom. The van der Waals surface area contributed by atoms with Crippen molar-refractivity contribution in [1.82, 2.24) is 0 Å². The molecular formula is C18H8Br4. The number of benzene rings is 4. The standard InChI is InChI=1S/C18H8Br4/c19-9-1-3-11-13(5-9)15-8-18(22)12-4-2-10(20)6-14(12)16(15)7-17(11)21/h1-8H. The van der Waals surface area contributed by atoms with E-state index in [0.717, 1.165) is 17.9 Å². The van der Waals surface area contributed by atoms with Crippen LogP contribution in [-0.4, -0.2) is 0 Å². The lowest BCUT2D eigenvalue weighted by Crippen LogP contribution is -1.84. The molecule has 0 spiro atoms. The van der Waals surface area contributed by atoms with E-state index in [4.69, 9.17) is 0 Å². The number of hydrogen-bond acceptors (Lipinski definition) is 0. The zero-order chi connectivity index (χ0) is 15.4. The highest BCUT2D eigenvalue weighted by molar-refractivity contribution is 9.11. The smallest absolute Gasteiger partial charge is 0.0260 e. The van der Waals surface area contributed by atoms with Crippen LogP contribution >= 0.6 is 63.7 Å². The highest BCUT2D eigenvalue weighted by Crippen LogP contribution is 2.40. The predicted octanol–water partition coefficient (Wildman–Crippen LogP) is 8.20. The SMILES string of the molecule is Brc1ccc2c(Br)cc3c4cc(Br)ccc4c(Br)cc3c2c1. The summed E-state index contributed by atoms with van der Waals surface area (Å²) in [5.41, 5.74) is 0. The van der Waals surface area contributed by atoms with E-state index in [1.807, 2.05) is 0 Å². The van der Waals surface area contributed by atoms with Gasteiger partial charge in [0.1, 0.15) is 0 Å². The van der Waals surface area contributed by atoms with E-state index < -0.39 is 0 Å². The summed E-state index contributed by atoms with van der Waals surface area (Å²) in [5, 5.41) is 7.41. The third-order valence-electron chi connectivity index (χ3n) is 3.89. The molecule has 0 aromatic heterocycles. The molecule has 0 radical (unpaired) electrons. The van der Waals surface area contributed by atoms with Crippen LogP contribution in [0.4, 0.5) is 0 Å². The third-order valence-corrected chi connectivity index (χ3v) is 6.19. The summed E-state index contributed by atoms with van der Waals surface area (Å²) in [7, 11) is 0. The van der Waals surface area contributed by atoms with Crippen molar-refractivity contribution in [3.05, 3.63) is 66.4 Å². The summed E-state index contributed by atoms with van der Waals surface area (Å²) in [5.74, 6) is 0. The van der Waals surface area contributed by atoms with E-state index in [1.54, 1.807) is 0 Å². The van der Waals surface area contributed by atoms with Crippen LogP contribution in [0.2, 0.25) is 0 Å². The van der Waals surface area contributed by atoms with Gasteiger partial charge in [-0.1, -0.05) is 75.9 Å². The first-order chi connectivity index (χ1) is 10.5. The molecule has 0 saturated carbocycles. The van der Waals surface area contributed by atoms with Crippen molar-refractivity contribution in [3.8, 4) is 0 Å². The molecule has 0 bridgehead atoms. The summed E-state index contributed by atoms with van der Waals surface area (Å²) >= 11 is 14.6. The fraction of sp³-hybridized carbons (Fsp3) is 0. The lowest BCUT2D eigenvalue weighted by Gasteiger charge is -2.12. The van der Waals surface area contributed by atoms with E-state index in [0.29, 0.717) is 0 Å². The van der Waals surface area contributed by atoms with Crippen molar-refractivity contribution in [2.75, 3.05) is 0 Å². The van der Waals surface area contributed by atoms with Gasteiger partial charge in [0.25, 0.3) is 0 Å². The summed E-state index contributed by atoms with van der Waals surface area (Å²) in [6.07, 6.45) is 0. The predicted molar refractivity (Wildman–Crippen MR) is 110 cm³/mol. The van der Waals surface area contributed by atoms with Gasteiger partial charge in [0.05, 0.1) is 0 Å². The molecule has 0 amide bonds. The fourth-order valence-electron chi connectivity index (χ4n) is 2.91. The molecule has 0 nitrogen and oxygen atoms in total. The fourth-order valence-corrected chi connectivity index (χ4v) is 4.78. The van der Waals surface area contributed by atoms with Crippen LogP contribution in [0.15, 0.2) is 66.4 Å². The molecule has 4 heteroatoms. The largest absolute Gasteiger partial charge is 0.0521 e. The average Bonchev–Trinajstić information content (AvgIpc) is 2.48. The normalized spacial score (nSPS) is 11.6. The second-order valence-electron chi connectivity index (χ2n) is 5.19. The molecule has 0 heterocycles. The molecule has 0 saturated heterocycles. The van der Waals surface area contributed by atoms with E-state index in [1.165, 1.54) is 32.3 Å². The topological polar surface area (TPSA) is 0 Å². The highest BCUT2D eigenvalue weighted by atomic mass is 79.9. The minimum Gasteiger partial charge on any atom is -0.0521 e. The maximum absolute atomic E-state index is 3.73. The third kappa shape index (κ3) is 2.35. The first-order valence-corrected chi connectivity index (χ1v) is 9.81. The van der Waals surface area contributed by atoms with Gasteiger partial charge in [0, 0.05) is 17.9 Å². The minimum absolute atomic E-state index is 1.09. The lowest BCUT2D eigenvalue weighted by atomic mass is 9.97. The van der Waals surface area contributed by atoms with Crippen molar-refractivity contribution in [2.45, 2.75) is 0 Å². The van der Waals surface area contributed by atoms with Gasteiger partial charge in [-0.25, -0.2) is 0 Å². The number of hydrogen-bond donors (Lipinski definition) is 0. The van der Waals surface area contributed by atoms with E-state index >= 15 is 0 Å². The summed E-state index contributed by atoms with van der Waals surface area (Å²) in [4.78, 5) is 0. The lowest BCUT2D eigenvalue weighted by molar-refractivity contribution is 1.69. The zero-order valence-electron chi connectivity index (χ0n) is 11.1. The molecule has 0 aliphatic heterocycles. The van der Waals surface area contributed by atoms with Crippen LogP contribution in [0.5, 0.6) is 0 Å². The van der Waals surface area contributed by atoms with E-state index in [-0.39, 0.29) is 0 Å². The van der Waals surface area contributed by atoms with Crippen LogP contribution in [0, 0.1) is 0 Å². The first kappa shape index (κ1) is 15.1. The van der Waals surface area contributed by atoms with Gasteiger partial charge in [-0.3, -0.25) is 0 Å². The molecule has 0 aliphatic carbocycles. The summed E-state index contributed by atoms with van der Waals surface area (Å²) in [6.45, 7) is 0. The van der Waals surface area contributed by atoms with Crippen molar-refractivity contribution in [2.24, 2.45) is 0 Å². The monoisotopic (exact) mass is 540 g/mol. The van der Waals surface area contributed by atoms with Gasteiger partial charge in [0.15, 0.2) is 0 Å². The van der Waals surface area contributed by atoms with Crippen molar-refractivity contribution < 1.29 is 0 Å². The first-order valence-electron chi connectivity index (χ1n) is 6.64. The molecule has 0 N–H and O–H groups in total. The zero-order valence-corrected chi connectivity index (χ0v) is 17.5. The molecule has 4 rings (SSSR count). The second-order valence-corrected chi connectivity index (χ2v) is 8.73. The average molecular weight is 544 g/mol. The van der Waals surface area contributed by atoms with Gasteiger partial charge in [-0.2, -0.15) is 0 Å². The van der Waals surface area contributed by atoms with Crippen LogP contribution in [0.1, 0.15) is 0 Å². The van der Waals surface area contributed by atoms with Gasteiger partial charge >= 0.3 is 0 Å². The number of rotatable bonds is 0. The maximum Gasteiger partial charge on any atom is 0.0260 e. The van der Waals surface area contributed by atoms with Crippen molar-refractivity contribution >= 4 is 96.0 Å². The van der Waals surface area contributed by atoms with Crippen LogP contribution in [0.25, 0.3) is 32.3 Å². The Kier molecular flexibility index (Phi) is 3.84. The maximum atomic E-state index is 3.73. The second kappa shape index (κ2) is 5.59. The minimum atomic E-state index is 1.09. The molecule has 0 aliphatic rings. The highest BCUT2D eigenvalue weighted by Gasteiger charge is 2.11. The Morgan fingerprint density at radius 1 is 0.409 bits per heavy atom. The van der Waals surface area contributed by atoms with Crippen molar-refractivity contribution in [3.63, 3.8) is 0 Å². The van der Waals surface area contributed by atoms with Crippen LogP contribution in [0.3, 0.4) is 0 Å². The molecule has 0 fully saturated rings. The van der Waals surface area contributed by atoms with Crippen LogP contribution in [-0.2, 0) is 0 Å². The Bertz CT molecular complexity index is 980. The van der Waals surface area contributed by atoms with Gasteiger partial charge in [-0.15, -0.1) is 0 Å². The molecule has 4 aromatic rings. The van der Waals surface area contributed by atoms with Gasteiger partial charge in [0.2, 0.25) is 0 Å². The van der Waals surface area contributed by atoms with E-state index in [9.17, 15) is 0 Å². The Morgan fingerprint density at radius 2 is 0.773 bits per heavy atom. The molecule has 0 atom stereocenters. The van der Waals surface area contributed by atoms with E-state index in [2.05, 4.69) is 112 Å². The molecule has 0 unspecified atom stereocenters. The molecule has 22 heavy (non-hydrogen) atoms. The molecule has 108 valence electrons. The number of halogens is 4. The quantitative estimate of drug-likeness (QED) is 0.196. The molecular weight excluding hydrogens is 536 g/mol. The van der Waals surface area contributed by atoms with Gasteiger partial charge in [-0.05, 0) is 68.7 Å². The van der Waals surface area contributed by atoms with Gasteiger partial charge < -0.3 is 0 Å². The summed E-state index contributed by atoms with van der Waals surface area (Å²) in [6, 6.07) is 17.2. The number of fused-ring (bicyclic) bond motifs is 5. The Labute approximate surface area is 161 Å². The Balaban J connectivity index is 2.34. The summed E-state index contributed by atoms with van der Waals surface area (Å²) < 4.78 is 4.41. The molecule has 4 aromatic carbocycles. The van der Waals surface area contributed by atoms with Crippen LogP contribution < -0.4 is 0 Å².